The van der Waals surface area contributed by atoms with E-state index >= 15 is 8.78 Å². The summed E-state index contributed by atoms with van der Waals surface area (Å²) in [5.41, 5.74) is -4.68. The second kappa shape index (κ2) is 10.8. The summed E-state index contributed by atoms with van der Waals surface area (Å²) in [5, 5.41) is 11.3. The van der Waals surface area contributed by atoms with Crippen LogP contribution >= 0.6 is 0 Å². The highest BCUT2D eigenvalue weighted by Crippen LogP contribution is 2.63. The van der Waals surface area contributed by atoms with Gasteiger partial charge in [-0.3, -0.25) is 0 Å². The van der Waals surface area contributed by atoms with Crippen LogP contribution in [0.5, 0.6) is 0 Å². The van der Waals surface area contributed by atoms with Gasteiger partial charge in [-0.25, -0.2) is 4.79 Å². The fraction of sp³-hybridized carbons (Fsp3) is 0.759. The first-order valence-electron chi connectivity index (χ1n) is 14.1. The molecule has 5 rings (SSSR count). The lowest BCUT2D eigenvalue weighted by Crippen LogP contribution is -2.68. The predicted octanol–water partition coefficient (Wildman–Crippen LogP) is 8.24. The average molecular weight is 639 g/mol. The second-order valence-electron chi connectivity index (χ2n) is 12.8. The number of carbonyl (C=O) groups excluding carboxylic acids is 1. The lowest BCUT2D eigenvalue weighted by molar-refractivity contribution is -0.424. The van der Waals surface area contributed by atoms with Gasteiger partial charge in [-0.15, -0.1) is 0 Å². The van der Waals surface area contributed by atoms with E-state index in [2.05, 4.69) is 0 Å². The first kappa shape index (κ1) is 33.8. The van der Waals surface area contributed by atoms with Gasteiger partial charge in [0.1, 0.15) is 5.60 Å². The third kappa shape index (κ3) is 5.41. The molecule has 0 aromatic heterocycles. The second-order valence-corrected chi connectivity index (χ2v) is 12.8. The van der Waals surface area contributed by atoms with E-state index in [9.17, 15) is 49.4 Å². The molecule has 1 aromatic rings. The number of hydrogen-bond acceptors (Lipinski definition) is 3. The van der Waals surface area contributed by atoms with Gasteiger partial charge in [0.25, 0.3) is 0 Å². The zero-order valence-corrected chi connectivity index (χ0v) is 23.4. The van der Waals surface area contributed by atoms with Crippen LogP contribution < -0.4 is 0 Å². The van der Waals surface area contributed by atoms with Crippen LogP contribution in [0.4, 0.5) is 48.3 Å². The lowest BCUT2D eigenvalue weighted by Gasteiger charge is -2.62. The summed E-state index contributed by atoms with van der Waals surface area (Å²) < 4.78 is 158. The standard InChI is InChI=1S/C29H33F11O3/c1-16(2)25(20-11-18-10-19(13-20)14-21(25)12-18)43-22(41)23(42,9-8-17-6-4-3-5-7-17)15-24(30,31)26(32,33)27(34,35)28(36,37)29(38,39)40/h3-7,16,18-21,42H,8-15H2,1-2H3. The highest BCUT2D eigenvalue weighted by atomic mass is 19.4. The molecule has 4 aliphatic carbocycles. The molecule has 4 bridgehead atoms. The number of ether oxygens (including phenoxy) is 1. The van der Waals surface area contributed by atoms with Gasteiger partial charge < -0.3 is 9.84 Å². The maximum absolute atomic E-state index is 15.0. The molecule has 1 aromatic carbocycles. The maximum atomic E-state index is 15.0. The molecule has 0 spiro atoms. The number of carbonyl (C=O) groups is 1. The molecule has 0 aliphatic heterocycles. The minimum absolute atomic E-state index is 0.261. The maximum Gasteiger partial charge on any atom is 0.460 e. The van der Waals surface area contributed by atoms with Crippen molar-refractivity contribution in [2.75, 3.05) is 0 Å². The average Bonchev–Trinajstić information content (AvgIpc) is 2.88. The summed E-state index contributed by atoms with van der Waals surface area (Å²) in [4.78, 5) is 13.6. The fourth-order valence-electron chi connectivity index (χ4n) is 7.75. The molecule has 43 heavy (non-hydrogen) atoms. The van der Waals surface area contributed by atoms with Crippen LogP contribution in [0, 0.1) is 29.6 Å². The minimum Gasteiger partial charge on any atom is -0.456 e. The van der Waals surface area contributed by atoms with Crippen molar-refractivity contribution in [2.45, 2.75) is 106 Å². The van der Waals surface area contributed by atoms with E-state index in [0.29, 0.717) is 43.1 Å². The molecule has 1 atom stereocenters. The molecule has 4 saturated carbocycles. The molecular formula is C29H33F11O3. The number of halogens is 11. The molecular weight excluding hydrogens is 605 g/mol. The monoisotopic (exact) mass is 638 g/mol. The Kier molecular flexibility index (Phi) is 8.44. The molecule has 1 unspecified atom stereocenters. The van der Waals surface area contributed by atoms with Crippen LogP contribution in [-0.4, -0.2) is 52.1 Å². The topological polar surface area (TPSA) is 46.5 Å². The third-order valence-electron chi connectivity index (χ3n) is 9.75. The van der Waals surface area contributed by atoms with Crippen molar-refractivity contribution in [1.29, 1.82) is 0 Å². The molecule has 4 aliphatic rings. The molecule has 1 N–H and O–H groups in total. The van der Waals surface area contributed by atoms with Gasteiger partial charge in [0.15, 0.2) is 5.60 Å². The largest absolute Gasteiger partial charge is 0.460 e. The molecule has 0 radical (unpaired) electrons. The number of hydrogen-bond donors (Lipinski definition) is 1. The van der Waals surface area contributed by atoms with E-state index in [1.807, 2.05) is 0 Å². The summed E-state index contributed by atoms with van der Waals surface area (Å²) >= 11 is 0. The van der Waals surface area contributed by atoms with E-state index in [1.54, 1.807) is 19.9 Å². The highest BCUT2D eigenvalue weighted by Gasteiger charge is 2.87. The Morgan fingerprint density at radius 1 is 0.814 bits per heavy atom. The van der Waals surface area contributed by atoms with Crippen LogP contribution in [-0.2, 0) is 16.0 Å². The summed E-state index contributed by atoms with van der Waals surface area (Å²) in [6.45, 7) is 3.39. The molecule has 244 valence electrons. The molecule has 0 amide bonds. The Morgan fingerprint density at radius 2 is 1.30 bits per heavy atom. The Bertz CT molecular complexity index is 1140. The van der Waals surface area contributed by atoms with Gasteiger partial charge >= 0.3 is 35.8 Å². The highest BCUT2D eigenvalue weighted by molar-refractivity contribution is 5.80. The van der Waals surface area contributed by atoms with Crippen molar-refractivity contribution in [3.8, 4) is 0 Å². The SMILES string of the molecule is CC(C)C1(OC(=O)C(O)(CCc2ccccc2)CC(F)(F)C(F)(F)C(F)(F)C(F)(F)C(F)(F)F)C2CC3CC(C2)CC1C3. The van der Waals surface area contributed by atoms with Crippen molar-refractivity contribution < 1.29 is 62.9 Å². The lowest BCUT2D eigenvalue weighted by atomic mass is 9.47. The molecule has 4 fully saturated rings. The van der Waals surface area contributed by atoms with Gasteiger partial charge in [-0.2, -0.15) is 48.3 Å². The molecule has 0 heterocycles. The number of aliphatic hydroxyl groups is 1. The number of rotatable bonds is 11. The van der Waals surface area contributed by atoms with Crippen LogP contribution in [0.15, 0.2) is 30.3 Å². The van der Waals surface area contributed by atoms with Gasteiger partial charge in [0.05, 0.1) is 6.42 Å². The molecule has 14 heteroatoms. The summed E-state index contributed by atoms with van der Waals surface area (Å²) in [5.74, 6) is -31.2. The Labute approximate surface area is 241 Å². The zero-order valence-electron chi connectivity index (χ0n) is 23.4. The minimum atomic E-state index is -7.65. The van der Waals surface area contributed by atoms with Crippen LogP contribution in [0.1, 0.15) is 64.4 Å². The van der Waals surface area contributed by atoms with E-state index in [0.717, 1.165) is 6.42 Å². The first-order valence-corrected chi connectivity index (χ1v) is 14.1. The van der Waals surface area contributed by atoms with Gasteiger partial charge in [-0.1, -0.05) is 44.2 Å². The number of alkyl halides is 11. The van der Waals surface area contributed by atoms with Gasteiger partial charge in [0, 0.05) is 0 Å². The first-order chi connectivity index (χ1) is 19.5. The van der Waals surface area contributed by atoms with Crippen molar-refractivity contribution >= 4 is 5.97 Å². The number of aryl methyl sites for hydroxylation is 1. The van der Waals surface area contributed by atoms with Crippen molar-refractivity contribution in [1.82, 2.24) is 0 Å². The number of esters is 1. The third-order valence-corrected chi connectivity index (χ3v) is 9.75. The van der Waals surface area contributed by atoms with Crippen molar-refractivity contribution in [3.63, 3.8) is 0 Å². The van der Waals surface area contributed by atoms with Crippen LogP contribution in [0.3, 0.4) is 0 Å². The predicted molar refractivity (Wildman–Crippen MR) is 131 cm³/mol. The Hall–Kier alpha value is -2.12. The van der Waals surface area contributed by atoms with Gasteiger partial charge in [0.2, 0.25) is 0 Å². The van der Waals surface area contributed by atoms with Gasteiger partial charge in [-0.05, 0) is 80.1 Å². The summed E-state index contributed by atoms with van der Waals surface area (Å²) in [6.07, 6.45) is -8.32. The van der Waals surface area contributed by atoms with Crippen LogP contribution in [0.25, 0.3) is 0 Å². The van der Waals surface area contributed by atoms with E-state index < -0.39 is 72.2 Å². The fourth-order valence-corrected chi connectivity index (χ4v) is 7.75. The van der Waals surface area contributed by atoms with E-state index in [-0.39, 0.29) is 11.8 Å². The Balaban J connectivity index is 1.70. The van der Waals surface area contributed by atoms with Crippen molar-refractivity contribution in [2.24, 2.45) is 29.6 Å². The summed E-state index contributed by atoms with van der Waals surface area (Å²) in [6, 6.07) is 7.36. The van der Waals surface area contributed by atoms with Crippen molar-refractivity contribution in [3.05, 3.63) is 35.9 Å². The number of benzene rings is 1. The van der Waals surface area contributed by atoms with Crippen LogP contribution in [0.2, 0.25) is 0 Å². The smallest absolute Gasteiger partial charge is 0.456 e. The summed E-state index contributed by atoms with van der Waals surface area (Å²) in [7, 11) is 0. The molecule has 3 nitrogen and oxygen atoms in total. The normalized spacial score (nSPS) is 29.6. The zero-order chi connectivity index (χ0) is 32.4. The van der Waals surface area contributed by atoms with E-state index in [1.165, 1.54) is 24.3 Å². The van der Waals surface area contributed by atoms with E-state index in [4.69, 9.17) is 4.74 Å². The molecule has 0 saturated heterocycles. The Morgan fingerprint density at radius 3 is 1.74 bits per heavy atom. The quantitative estimate of drug-likeness (QED) is 0.196.